The largest absolute Gasteiger partial charge is 1.00 e. The third-order valence-electron chi connectivity index (χ3n) is 13.9. The summed E-state index contributed by atoms with van der Waals surface area (Å²) in [5.41, 5.74) is 17.0. The Hall–Kier alpha value is -4.82. The van der Waals surface area contributed by atoms with Crippen molar-refractivity contribution in [2.45, 2.75) is 91.9 Å². The van der Waals surface area contributed by atoms with Gasteiger partial charge in [-0.2, -0.15) is 11.0 Å². The number of nitrogens with zero attached hydrogens (tertiary/aromatic N) is 2. The Bertz CT molecular complexity index is 3070. The summed E-state index contributed by atoms with van der Waals surface area (Å²) in [6.45, 7) is 23.7. The number of allylic oxidation sites excluding steroid dienone is 8. The number of rotatable bonds is 14. The molecule has 2 aliphatic rings. The van der Waals surface area contributed by atoms with Gasteiger partial charge in [0.15, 0.2) is 5.71 Å². The number of hydrogen-bond donors (Lipinski definition) is 0. The first-order valence-corrected chi connectivity index (χ1v) is 24.8. The van der Waals surface area contributed by atoms with Crippen LogP contribution in [0.4, 0.5) is 11.4 Å². The van der Waals surface area contributed by atoms with Crippen LogP contribution in [0.2, 0.25) is 0 Å². The summed E-state index contributed by atoms with van der Waals surface area (Å²) in [5, 5.41) is 5.02. The molecule has 0 unspecified atom stereocenters. The summed E-state index contributed by atoms with van der Waals surface area (Å²) in [7, 11) is -4.28. The second kappa shape index (κ2) is 19.8. The van der Waals surface area contributed by atoms with Gasteiger partial charge in [-0.3, -0.25) is 0 Å². The average molecular weight is 903 g/mol. The van der Waals surface area contributed by atoms with Crippen molar-refractivity contribution in [3.05, 3.63) is 186 Å². The van der Waals surface area contributed by atoms with E-state index in [-0.39, 0.29) is 46.1 Å². The van der Waals surface area contributed by atoms with Gasteiger partial charge in [0.25, 0.3) is 0 Å². The van der Waals surface area contributed by atoms with E-state index in [0.29, 0.717) is 19.4 Å². The number of fused-ring (bicyclic) bond motifs is 6. The molecule has 0 N–H and O–H groups in total. The fourth-order valence-electron chi connectivity index (χ4n) is 10.9. The molecule has 0 amide bonds. The molecule has 0 atom stereocenters. The van der Waals surface area contributed by atoms with Crippen LogP contribution in [-0.2, 0) is 20.9 Å². The van der Waals surface area contributed by atoms with Crippen LogP contribution in [0.3, 0.4) is 0 Å². The van der Waals surface area contributed by atoms with Crippen molar-refractivity contribution in [3.63, 3.8) is 0 Å². The molecule has 0 saturated heterocycles. The summed E-state index contributed by atoms with van der Waals surface area (Å²) in [5.74, 6) is -0.355. The van der Waals surface area contributed by atoms with Crippen LogP contribution in [-0.4, -0.2) is 42.1 Å². The Kier molecular flexibility index (Phi) is 14.7. The molecule has 334 valence electrons. The number of anilines is 1. The SMILES string of the molecule is [CH2-]CCCN1/C(=C/C=C/C=C/C=C/C2=[N+](CCCCS(=O)(=O)[O-])c3ccc4c(-c5c(C)cccc5C)cccc4c3C2(C)C)C(C)(C)c2c1ccc1c(-c3c(C)cccc3C)cccc21.[Na+]. The summed E-state index contributed by atoms with van der Waals surface area (Å²) in [6, 6.07) is 35.6. The van der Waals surface area contributed by atoms with E-state index in [1.807, 2.05) is 0 Å². The van der Waals surface area contributed by atoms with Gasteiger partial charge in [-0.1, -0.05) is 130 Å². The Balaban J connectivity index is 0.00000648. The van der Waals surface area contributed by atoms with Crippen LogP contribution < -0.4 is 34.5 Å². The Morgan fingerprint density at radius 3 is 1.73 bits per heavy atom. The predicted molar refractivity (Wildman–Crippen MR) is 275 cm³/mol. The van der Waals surface area contributed by atoms with Gasteiger partial charge in [-0.15, -0.1) is 0 Å². The number of unbranched alkanes of at least 4 members (excludes halogenated alkanes) is 2. The molecular weight excluding hydrogens is 840 g/mol. The molecule has 2 aliphatic heterocycles. The number of benzene rings is 6. The summed E-state index contributed by atoms with van der Waals surface area (Å²) in [4.78, 5) is 2.51. The molecule has 0 spiro atoms. The van der Waals surface area contributed by atoms with E-state index < -0.39 is 10.1 Å². The van der Waals surface area contributed by atoms with E-state index >= 15 is 0 Å². The maximum atomic E-state index is 11.5. The van der Waals surface area contributed by atoms with Gasteiger partial charge in [0.1, 0.15) is 6.54 Å². The minimum absolute atomic E-state index is 0. The van der Waals surface area contributed by atoms with Gasteiger partial charge < -0.3 is 16.4 Å². The molecule has 2 heterocycles. The Labute approximate surface area is 416 Å². The van der Waals surface area contributed by atoms with E-state index in [4.69, 9.17) is 0 Å². The molecule has 0 radical (unpaired) electrons. The number of hydrogen-bond acceptors (Lipinski definition) is 4. The van der Waals surface area contributed by atoms with E-state index in [1.54, 1.807) is 0 Å². The van der Waals surface area contributed by atoms with Gasteiger partial charge in [0, 0.05) is 53.2 Å². The van der Waals surface area contributed by atoms with Gasteiger partial charge >= 0.3 is 29.6 Å². The third-order valence-corrected chi connectivity index (χ3v) is 14.7. The summed E-state index contributed by atoms with van der Waals surface area (Å²) in [6.07, 6.45) is 17.8. The van der Waals surface area contributed by atoms with E-state index in [9.17, 15) is 13.0 Å². The summed E-state index contributed by atoms with van der Waals surface area (Å²) < 4.78 is 36.9. The topological polar surface area (TPSA) is 63.5 Å². The van der Waals surface area contributed by atoms with Crippen molar-refractivity contribution in [1.29, 1.82) is 0 Å². The Morgan fingerprint density at radius 1 is 0.621 bits per heavy atom. The van der Waals surface area contributed by atoms with Crippen LogP contribution in [0.5, 0.6) is 0 Å². The van der Waals surface area contributed by atoms with Crippen LogP contribution in [0.1, 0.15) is 86.8 Å². The molecule has 0 bridgehead atoms. The molecule has 7 heteroatoms. The molecule has 8 rings (SSSR count). The van der Waals surface area contributed by atoms with Crippen LogP contribution >= 0.6 is 0 Å². The minimum atomic E-state index is -4.28. The first-order chi connectivity index (χ1) is 31.1. The normalized spacial score (nSPS) is 16.2. The van der Waals surface area contributed by atoms with Gasteiger partial charge in [0.05, 0.1) is 15.5 Å². The fraction of sp³-hybridized carbons (Fsp3) is 0.288. The van der Waals surface area contributed by atoms with Gasteiger partial charge in [0.2, 0.25) is 5.69 Å². The van der Waals surface area contributed by atoms with Crippen LogP contribution in [0, 0.1) is 34.6 Å². The first-order valence-electron chi connectivity index (χ1n) is 23.2. The smallest absolute Gasteiger partial charge is 0.748 e. The monoisotopic (exact) mass is 902 g/mol. The molecule has 0 aromatic heterocycles. The van der Waals surface area contributed by atoms with Crippen molar-refractivity contribution in [3.8, 4) is 22.3 Å². The molecule has 0 aliphatic carbocycles. The van der Waals surface area contributed by atoms with Crippen molar-refractivity contribution < 1.29 is 47.1 Å². The van der Waals surface area contributed by atoms with E-state index in [0.717, 1.165) is 30.8 Å². The average Bonchev–Trinajstić information content (AvgIpc) is 3.61. The predicted octanol–water partition coefficient (Wildman–Crippen LogP) is 11.2. The molecule has 5 nitrogen and oxygen atoms in total. The van der Waals surface area contributed by atoms with Crippen LogP contribution in [0.25, 0.3) is 43.8 Å². The molecule has 6 aromatic carbocycles. The minimum Gasteiger partial charge on any atom is -0.748 e. The molecule has 6 aromatic rings. The van der Waals surface area contributed by atoms with Gasteiger partial charge in [-0.05, 0) is 138 Å². The first kappa shape index (κ1) is 49.1. The maximum Gasteiger partial charge on any atom is 1.00 e. The Morgan fingerprint density at radius 2 is 1.15 bits per heavy atom. The second-order valence-corrected chi connectivity index (χ2v) is 20.6. The van der Waals surface area contributed by atoms with Crippen molar-refractivity contribution in [1.82, 2.24) is 0 Å². The third kappa shape index (κ3) is 9.25. The van der Waals surface area contributed by atoms with Crippen LogP contribution in [0.15, 0.2) is 145 Å². The summed E-state index contributed by atoms with van der Waals surface area (Å²) >= 11 is 0. The molecule has 0 fully saturated rings. The van der Waals surface area contributed by atoms with Crippen molar-refractivity contribution in [2.24, 2.45) is 0 Å². The molecule has 66 heavy (non-hydrogen) atoms. The van der Waals surface area contributed by atoms with Crippen molar-refractivity contribution in [2.75, 3.05) is 23.7 Å². The van der Waals surface area contributed by atoms with Crippen molar-refractivity contribution >= 4 is 48.7 Å². The standard InChI is InChI=1S/C59H64N2O3S.Na/c1-10-11-37-60-50-35-33-44-46(54-40(2)23-19-24-41(54)3)27-21-29-48(44)56(50)58(6,7)52(60)31-15-13-12-14-16-32-53-59(8,9)57-49-30-22-28-47(55-42(4)25-20-26-43(55)5)45(49)34-36-51(57)61(53)38-17-18-39-65(62,63)64;/h12-16,19-36H,1,10-11,17-18,37-39H2,2-9H3,(H,62,63,64);/q;+1/p-1. The van der Waals surface area contributed by atoms with Gasteiger partial charge in [-0.25, -0.2) is 8.42 Å². The maximum absolute atomic E-state index is 11.5. The molecule has 0 saturated carbocycles. The zero-order valence-electron chi connectivity index (χ0n) is 40.5. The number of aryl methyl sites for hydroxylation is 4. The zero-order valence-corrected chi connectivity index (χ0v) is 43.3. The fourth-order valence-corrected chi connectivity index (χ4v) is 11.5. The van der Waals surface area contributed by atoms with E-state index in [2.05, 4.69) is 211 Å². The van der Waals surface area contributed by atoms with E-state index in [1.165, 1.54) is 88.6 Å². The zero-order chi connectivity index (χ0) is 46.3. The molecular formula is C59H63N2NaO3S. The quantitative estimate of drug-likeness (QED) is 0.0273. The second-order valence-electron chi connectivity index (χ2n) is 19.0.